The molecule has 3 rings (SSSR count). The van der Waals surface area contributed by atoms with E-state index in [9.17, 15) is 14.9 Å². The lowest BCUT2D eigenvalue weighted by Crippen LogP contribution is -2.46. The van der Waals surface area contributed by atoms with Crippen LogP contribution in [0.5, 0.6) is 0 Å². The highest BCUT2D eigenvalue weighted by Gasteiger charge is 2.42. The number of nitrogens with two attached hydrogens (primary N) is 3. The van der Waals surface area contributed by atoms with E-state index < -0.39 is 11.3 Å². The fraction of sp³-hybridized carbons (Fsp3) is 0.500. The average Bonchev–Trinajstić information content (AvgIpc) is 3.46. The number of amidine groups is 1. The number of primary amides is 1. The lowest BCUT2D eigenvalue weighted by Gasteiger charge is -2.37. The van der Waals surface area contributed by atoms with Crippen molar-refractivity contribution in [3.05, 3.63) is 83.1 Å². The second-order valence-electron chi connectivity index (χ2n) is 11.6. The first-order valence-electron chi connectivity index (χ1n) is 15.7. The van der Waals surface area contributed by atoms with Gasteiger partial charge in [-0.3, -0.25) is 14.6 Å². The fourth-order valence-electron chi connectivity index (χ4n) is 5.32. The molecule has 1 saturated heterocycles. The minimum Gasteiger partial charge on any atom is -0.403 e. The number of hydrogen-bond acceptors (Lipinski definition) is 7. The van der Waals surface area contributed by atoms with Gasteiger partial charge in [0.15, 0.2) is 0 Å². The zero-order valence-electron chi connectivity index (χ0n) is 29.3. The second kappa shape index (κ2) is 21.5. The Bertz CT molecular complexity index is 1300. The van der Waals surface area contributed by atoms with Crippen LogP contribution in [0, 0.1) is 11.3 Å². The molecule has 0 aromatic heterocycles. The first kappa shape index (κ1) is 41.8. The van der Waals surface area contributed by atoms with Crippen molar-refractivity contribution in [3.8, 4) is 6.07 Å². The van der Waals surface area contributed by atoms with E-state index in [1.807, 2.05) is 39.2 Å². The first-order valence-corrected chi connectivity index (χ1v) is 15.7. The lowest BCUT2D eigenvalue weighted by molar-refractivity contribution is -0.130. The van der Waals surface area contributed by atoms with Gasteiger partial charge in [0.25, 0.3) is 0 Å². The molecule has 254 valence electrons. The topological polar surface area (TPSA) is 176 Å². The molecule has 1 aliphatic heterocycles. The van der Waals surface area contributed by atoms with Crippen molar-refractivity contribution < 1.29 is 9.59 Å². The molecule has 1 aliphatic carbocycles. The van der Waals surface area contributed by atoms with Crippen LogP contribution >= 0.6 is 0 Å². The van der Waals surface area contributed by atoms with Crippen molar-refractivity contribution in [1.82, 2.24) is 15.5 Å². The summed E-state index contributed by atoms with van der Waals surface area (Å²) in [6, 6.07) is 7.37. The Hall–Kier alpha value is -4.20. The van der Waals surface area contributed by atoms with E-state index in [1.54, 1.807) is 24.9 Å². The van der Waals surface area contributed by atoms with Crippen LogP contribution in [-0.2, 0) is 16.6 Å². The number of aliphatic imine (C=N–C) groups is 1. The monoisotopic (exact) mass is 634 g/mol. The van der Waals surface area contributed by atoms with Crippen LogP contribution in [0.15, 0.2) is 71.4 Å². The molecule has 8 N–H and O–H groups in total. The maximum atomic E-state index is 12.7. The molecule has 1 aromatic carbocycles. The third-order valence-corrected chi connectivity index (χ3v) is 7.70. The first-order chi connectivity index (χ1) is 21.7. The fourth-order valence-corrected chi connectivity index (χ4v) is 5.32. The molecule has 2 amide bonds. The van der Waals surface area contributed by atoms with Gasteiger partial charge in [-0.1, -0.05) is 43.4 Å². The van der Waals surface area contributed by atoms with Crippen molar-refractivity contribution in [2.45, 2.75) is 77.7 Å². The highest BCUT2D eigenvalue weighted by molar-refractivity contribution is 5.98. The van der Waals surface area contributed by atoms with Crippen LogP contribution in [0.1, 0.15) is 81.3 Å². The zero-order chi connectivity index (χ0) is 35.4. The molecule has 1 fully saturated rings. The third kappa shape index (κ3) is 12.3. The van der Waals surface area contributed by atoms with E-state index in [1.165, 1.54) is 5.57 Å². The van der Waals surface area contributed by atoms with Crippen molar-refractivity contribution in [1.29, 1.82) is 5.26 Å². The number of carbonyl (C=O) groups excluding carboxylic acids is 2. The molecule has 10 nitrogen and oxygen atoms in total. The predicted molar refractivity (Wildman–Crippen MR) is 192 cm³/mol. The molecule has 2 atom stereocenters. The van der Waals surface area contributed by atoms with Crippen molar-refractivity contribution >= 4 is 17.6 Å². The van der Waals surface area contributed by atoms with Crippen molar-refractivity contribution in [3.63, 3.8) is 0 Å². The standard InChI is InChI=1S/C26H34N6O2.C5H10.C3H7N.C2H7N/c1-4-21-17(2)7-8-18-14-19(24(28)34)9-10-22(18)26(21,25(29)30-3)11-12-31-16-23(33)32-13-5-6-20(32)15-27;1-4-5(2)3;1-3(2)4;1-3-2/h4,9-10,14,20,31H,1,5-8,11-13,16H2,2-3H3,(H2,28,34)(H2,29,30);2,4H2,1,3H3;1,4H2,2H3;3H,1-2H3. The van der Waals surface area contributed by atoms with Gasteiger partial charge >= 0.3 is 0 Å². The van der Waals surface area contributed by atoms with Crippen LogP contribution in [0.4, 0.5) is 0 Å². The molecule has 0 bridgehead atoms. The summed E-state index contributed by atoms with van der Waals surface area (Å²) in [6.45, 7) is 20.3. The van der Waals surface area contributed by atoms with Gasteiger partial charge in [0, 0.05) is 19.2 Å². The highest BCUT2D eigenvalue weighted by atomic mass is 16.2. The zero-order valence-corrected chi connectivity index (χ0v) is 29.3. The smallest absolute Gasteiger partial charge is 0.248 e. The summed E-state index contributed by atoms with van der Waals surface area (Å²) >= 11 is 0. The Kier molecular flexibility index (Phi) is 19.6. The number of likely N-dealkylation sites (tertiary alicyclic amines) is 1. The van der Waals surface area contributed by atoms with E-state index in [0.29, 0.717) is 36.6 Å². The summed E-state index contributed by atoms with van der Waals surface area (Å²) < 4.78 is 0. The number of nitriles is 1. The molecule has 2 unspecified atom stereocenters. The Morgan fingerprint density at radius 1 is 1.20 bits per heavy atom. The number of fused-ring (bicyclic) bond motifs is 1. The quantitative estimate of drug-likeness (QED) is 0.117. The lowest BCUT2D eigenvalue weighted by atomic mass is 9.68. The van der Waals surface area contributed by atoms with Gasteiger partial charge in [0.05, 0.1) is 18.0 Å². The number of rotatable bonds is 9. The summed E-state index contributed by atoms with van der Waals surface area (Å²) in [5.74, 6) is -0.0895. The number of amides is 2. The molecular formula is C36H58N8O2. The minimum atomic E-state index is -0.749. The summed E-state index contributed by atoms with van der Waals surface area (Å²) in [6.07, 6.45) is 6.63. The molecule has 1 heterocycles. The molecule has 0 spiro atoms. The summed E-state index contributed by atoms with van der Waals surface area (Å²) in [5, 5.41) is 15.3. The Morgan fingerprint density at radius 2 is 1.78 bits per heavy atom. The molecule has 46 heavy (non-hydrogen) atoms. The minimum absolute atomic E-state index is 0.0711. The van der Waals surface area contributed by atoms with Gasteiger partial charge in [0.1, 0.15) is 11.9 Å². The van der Waals surface area contributed by atoms with Gasteiger partial charge < -0.3 is 32.7 Å². The van der Waals surface area contributed by atoms with E-state index in [0.717, 1.165) is 54.4 Å². The maximum Gasteiger partial charge on any atom is 0.248 e. The molecule has 10 heteroatoms. The van der Waals surface area contributed by atoms with E-state index >= 15 is 0 Å². The number of carbonyl (C=O) groups is 2. The maximum absolute atomic E-state index is 12.7. The van der Waals surface area contributed by atoms with Crippen LogP contribution in [-0.4, -0.2) is 69.4 Å². The van der Waals surface area contributed by atoms with Gasteiger partial charge in [-0.2, -0.15) is 5.26 Å². The van der Waals surface area contributed by atoms with Crippen molar-refractivity contribution in [2.75, 3.05) is 40.8 Å². The number of nitrogens with one attached hydrogen (secondary N) is 2. The second-order valence-corrected chi connectivity index (χ2v) is 11.6. The number of benzene rings is 1. The summed E-state index contributed by atoms with van der Waals surface area (Å²) in [4.78, 5) is 30.5. The van der Waals surface area contributed by atoms with Crippen LogP contribution in [0.25, 0.3) is 0 Å². The van der Waals surface area contributed by atoms with Gasteiger partial charge in [-0.15, -0.1) is 6.58 Å². The van der Waals surface area contributed by atoms with Gasteiger partial charge in [0.2, 0.25) is 11.8 Å². The third-order valence-electron chi connectivity index (χ3n) is 7.70. The normalized spacial score (nSPS) is 18.5. The Morgan fingerprint density at radius 3 is 2.26 bits per heavy atom. The Balaban J connectivity index is 0.00000145. The summed E-state index contributed by atoms with van der Waals surface area (Å²) in [5.41, 5.74) is 22.8. The average molecular weight is 635 g/mol. The molecule has 0 radical (unpaired) electrons. The molecule has 2 aliphatic rings. The Labute approximate surface area is 277 Å². The van der Waals surface area contributed by atoms with Gasteiger partial charge in [-0.05, 0) is 114 Å². The van der Waals surface area contributed by atoms with E-state index in [-0.39, 0.29) is 18.5 Å². The number of nitrogens with zero attached hydrogens (tertiary/aromatic N) is 3. The highest BCUT2D eigenvalue weighted by Crippen LogP contribution is 2.43. The van der Waals surface area contributed by atoms with E-state index in [4.69, 9.17) is 17.2 Å². The number of aryl methyl sites for hydroxylation is 1. The number of hydrogen-bond donors (Lipinski definition) is 5. The van der Waals surface area contributed by atoms with Crippen LogP contribution < -0.4 is 27.8 Å². The number of allylic oxidation sites excluding steroid dienone is 4. The van der Waals surface area contributed by atoms with Crippen molar-refractivity contribution in [2.24, 2.45) is 22.2 Å². The van der Waals surface area contributed by atoms with Gasteiger partial charge in [-0.25, -0.2) is 0 Å². The van der Waals surface area contributed by atoms with E-state index in [2.05, 4.69) is 55.3 Å². The largest absolute Gasteiger partial charge is 0.403 e. The van der Waals surface area contributed by atoms with Crippen LogP contribution in [0.3, 0.4) is 0 Å². The molecule has 0 saturated carbocycles. The predicted octanol–water partition coefficient (Wildman–Crippen LogP) is 4.24. The van der Waals surface area contributed by atoms with Crippen LogP contribution in [0.2, 0.25) is 0 Å². The molecular weight excluding hydrogens is 576 g/mol. The summed E-state index contributed by atoms with van der Waals surface area (Å²) in [7, 11) is 5.42. The SMILES string of the molecule is C=C(C)CC.C=C(C)N.C=CC1=C(C)CCc2cc(C(N)=O)ccc2C1(CCNCC(=O)N1CCCC1C#N)C(N)=NC.CNC. The molecule has 1 aromatic rings.